The summed E-state index contributed by atoms with van der Waals surface area (Å²) in [7, 11) is 0. The number of primary amides is 1. The van der Waals surface area contributed by atoms with Crippen LogP contribution in [-0.4, -0.2) is 34.5 Å². The number of nitrogens with two attached hydrogens (primary N) is 1. The molecule has 1 aliphatic rings. The van der Waals surface area contributed by atoms with E-state index < -0.39 is 29.6 Å². The molecule has 29 heavy (non-hydrogen) atoms. The molecule has 1 saturated heterocycles. The Bertz CT molecular complexity index is 1070. The zero-order chi connectivity index (χ0) is 21.1. The van der Waals surface area contributed by atoms with Gasteiger partial charge in [0.05, 0.1) is 15.5 Å². The first-order chi connectivity index (χ1) is 13.8. The highest BCUT2D eigenvalue weighted by Crippen LogP contribution is 2.35. The van der Waals surface area contributed by atoms with Crippen LogP contribution in [0.5, 0.6) is 5.75 Å². The summed E-state index contributed by atoms with van der Waals surface area (Å²) >= 11 is 10.0. The van der Waals surface area contributed by atoms with Crippen LogP contribution in [0.2, 0.25) is 5.02 Å². The molecule has 0 bridgehead atoms. The van der Waals surface area contributed by atoms with E-state index in [0.717, 1.165) is 4.90 Å². The molecule has 1 aliphatic heterocycles. The number of esters is 1. The highest BCUT2D eigenvalue weighted by atomic mass is 79.9. The van der Waals surface area contributed by atoms with Crippen molar-refractivity contribution in [1.29, 1.82) is 0 Å². The van der Waals surface area contributed by atoms with E-state index in [-0.39, 0.29) is 21.2 Å². The molecule has 0 atom stereocenters. The van der Waals surface area contributed by atoms with Crippen LogP contribution in [-0.2, 0) is 9.59 Å². The van der Waals surface area contributed by atoms with E-state index in [1.807, 2.05) is 0 Å². The standard InChI is InChI=1S/C19H12BrClN2O5S/c20-11-5-6-14(28-18(26)12-3-1-2-4-13(12)21)10(7-11)8-15-17(25)23(9-16(22)24)19(27)29-15/h1-8H,9H2,(H2,22,24)/b15-8-. The van der Waals surface area contributed by atoms with E-state index in [2.05, 4.69) is 15.9 Å². The van der Waals surface area contributed by atoms with E-state index in [0.29, 0.717) is 21.8 Å². The van der Waals surface area contributed by atoms with Crippen LogP contribution in [0.3, 0.4) is 0 Å². The molecule has 0 unspecified atom stereocenters. The quantitative estimate of drug-likeness (QED) is 0.384. The van der Waals surface area contributed by atoms with Gasteiger partial charge in [0, 0.05) is 10.0 Å². The Morgan fingerprint density at radius 3 is 2.62 bits per heavy atom. The number of rotatable bonds is 5. The first-order valence-electron chi connectivity index (χ1n) is 8.06. The number of imide groups is 1. The number of hydrogen-bond acceptors (Lipinski definition) is 6. The normalized spacial score (nSPS) is 15.1. The van der Waals surface area contributed by atoms with Gasteiger partial charge >= 0.3 is 5.97 Å². The number of halogens is 2. The molecule has 2 aromatic carbocycles. The molecule has 0 spiro atoms. The van der Waals surface area contributed by atoms with Crippen LogP contribution in [0.25, 0.3) is 6.08 Å². The smallest absolute Gasteiger partial charge is 0.345 e. The van der Waals surface area contributed by atoms with Crippen molar-refractivity contribution < 1.29 is 23.9 Å². The van der Waals surface area contributed by atoms with Gasteiger partial charge in [-0.1, -0.05) is 39.7 Å². The molecule has 0 aromatic heterocycles. The molecule has 1 heterocycles. The Kier molecular flexibility index (Phi) is 6.41. The topological polar surface area (TPSA) is 107 Å². The molecule has 3 rings (SSSR count). The summed E-state index contributed by atoms with van der Waals surface area (Å²) in [5.74, 6) is -1.96. The van der Waals surface area contributed by atoms with Gasteiger partial charge in [-0.25, -0.2) is 4.79 Å². The molecular formula is C19H12BrClN2O5S. The fourth-order valence-corrected chi connectivity index (χ4v) is 3.86. The summed E-state index contributed by atoms with van der Waals surface area (Å²) in [4.78, 5) is 48.8. The van der Waals surface area contributed by atoms with Crippen LogP contribution in [0.1, 0.15) is 15.9 Å². The number of thioether (sulfide) groups is 1. The van der Waals surface area contributed by atoms with Gasteiger partial charge in [0.1, 0.15) is 12.3 Å². The molecule has 7 nitrogen and oxygen atoms in total. The average molecular weight is 496 g/mol. The summed E-state index contributed by atoms with van der Waals surface area (Å²) in [5, 5.41) is -0.367. The summed E-state index contributed by atoms with van der Waals surface area (Å²) in [6.45, 7) is -0.505. The molecule has 3 amide bonds. The van der Waals surface area contributed by atoms with Crippen molar-refractivity contribution in [3.8, 4) is 5.75 Å². The van der Waals surface area contributed by atoms with Crippen molar-refractivity contribution in [3.63, 3.8) is 0 Å². The number of hydrogen-bond donors (Lipinski definition) is 1. The van der Waals surface area contributed by atoms with E-state index in [1.54, 1.807) is 30.3 Å². The molecule has 2 N–H and O–H groups in total. The number of amides is 3. The van der Waals surface area contributed by atoms with Crippen molar-refractivity contribution in [2.45, 2.75) is 0 Å². The van der Waals surface area contributed by atoms with Crippen LogP contribution in [0.15, 0.2) is 51.8 Å². The summed E-state index contributed by atoms with van der Waals surface area (Å²) in [6.07, 6.45) is 1.41. The lowest BCUT2D eigenvalue weighted by Gasteiger charge is -2.10. The monoisotopic (exact) mass is 494 g/mol. The molecule has 0 radical (unpaired) electrons. The lowest BCUT2D eigenvalue weighted by molar-refractivity contribution is -0.127. The van der Waals surface area contributed by atoms with Crippen molar-refractivity contribution >= 4 is 68.4 Å². The molecular weight excluding hydrogens is 484 g/mol. The minimum atomic E-state index is -0.801. The Balaban J connectivity index is 1.92. The van der Waals surface area contributed by atoms with Crippen molar-refractivity contribution in [3.05, 3.63) is 68.0 Å². The van der Waals surface area contributed by atoms with Gasteiger partial charge in [0.2, 0.25) is 5.91 Å². The number of nitrogens with zero attached hydrogens (tertiary/aromatic N) is 1. The first kappa shape index (κ1) is 21.1. The zero-order valence-corrected chi connectivity index (χ0v) is 17.7. The van der Waals surface area contributed by atoms with E-state index in [9.17, 15) is 19.2 Å². The minimum Gasteiger partial charge on any atom is -0.422 e. The fraction of sp³-hybridized carbons (Fsp3) is 0.0526. The molecule has 2 aromatic rings. The average Bonchev–Trinajstić information content (AvgIpc) is 2.91. The van der Waals surface area contributed by atoms with Gasteiger partial charge < -0.3 is 10.5 Å². The fourth-order valence-electron chi connectivity index (χ4n) is 2.44. The second-order valence-electron chi connectivity index (χ2n) is 5.79. The summed E-state index contributed by atoms with van der Waals surface area (Å²) in [6, 6.07) is 11.3. The van der Waals surface area contributed by atoms with Crippen LogP contribution < -0.4 is 10.5 Å². The van der Waals surface area contributed by atoms with Crippen LogP contribution in [0.4, 0.5) is 4.79 Å². The predicted molar refractivity (Wildman–Crippen MR) is 112 cm³/mol. The number of ether oxygens (including phenoxy) is 1. The van der Waals surface area contributed by atoms with Crippen LogP contribution >= 0.6 is 39.3 Å². The van der Waals surface area contributed by atoms with E-state index in [1.165, 1.54) is 18.2 Å². The van der Waals surface area contributed by atoms with Crippen molar-refractivity contribution in [1.82, 2.24) is 4.90 Å². The number of benzene rings is 2. The maximum absolute atomic E-state index is 12.5. The van der Waals surface area contributed by atoms with Gasteiger partial charge in [-0.3, -0.25) is 19.3 Å². The van der Waals surface area contributed by atoms with Gasteiger partial charge in [-0.2, -0.15) is 0 Å². The minimum absolute atomic E-state index is 0.0735. The van der Waals surface area contributed by atoms with Gasteiger partial charge in [0.15, 0.2) is 0 Å². The van der Waals surface area contributed by atoms with Crippen molar-refractivity contribution in [2.24, 2.45) is 5.73 Å². The molecule has 1 fully saturated rings. The maximum atomic E-state index is 12.5. The molecule has 0 aliphatic carbocycles. The highest BCUT2D eigenvalue weighted by Gasteiger charge is 2.36. The largest absolute Gasteiger partial charge is 0.422 e. The van der Waals surface area contributed by atoms with E-state index >= 15 is 0 Å². The van der Waals surface area contributed by atoms with Gasteiger partial charge in [0.25, 0.3) is 11.1 Å². The molecule has 10 heteroatoms. The first-order valence-corrected chi connectivity index (χ1v) is 10.0. The third kappa shape index (κ3) is 4.87. The van der Waals surface area contributed by atoms with Crippen LogP contribution in [0, 0.1) is 0 Å². The SMILES string of the molecule is NC(=O)CN1C(=O)S/C(=C\c2cc(Br)ccc2OC(=O)c2ccccc2Cl)C1=O. The number of carbonyl (C=O) groups is 4. The summed E-state index contributed by atoms with van der Waals surface area (Å²) in [5.41, 5.74) is 5.64. The summed E-state index contributed by atoms with van der Waals surface area (Å²) < 4.78 is 6.11. The van der Waals surface area contributed by atoms with Crippen molar-refractivity contribution in [2.75, 3.05) is 6.54 Å². The molecule has 0 saturated carbocycles. The highest BCUT2D eigenvalue weighted by molar-refractivity contribution is 9.10. The second-order valence-corrected chi connectivity index (χ2v) is 8.10. The third-order valence-corrected chi connectivity index (χ3v) is 5.47. The third-order valence-electron chi connectivity index (χ3n) is 3.74. The zero-order valence-electron chi connectivity index (χ0n) is 14.6. The van der Waals surface area contributed by atoms with E-state index in [4.69, 9.17) is 22.1 Å². The molecule has 148 valence electrons. The Morgan fingerprint density at radius 2 is 1.93 bits per heavy atom. The van der Waals surface area contributed by atoms with Gasteiger partial charge in [-0.05, 0) is 48.2 Å². The number of carbonyl (C=O) groups excluding carboxylic acids is 4. The maximum Gasteiger partial charge on any atom is 0.345 e. The Labute approximate surface area is 183 Å². The van der Waals surface area contributed by atoms with Gasteiger partial charge in [-0.15, -0.1) is 0 Å². The lowest BCUT2D eigenvalue weighted by atomic mass is 10.1. The Hall–Kier alpha value is -2.62. The predicted octanol–water partition coefficient (Wildman–Crippen LogP) is 3.84. The second kappa shape index (κ2) is 8.81. The lowest BCUT2D eigenvalue weighted by Crippen LogP contribution is -2.36. The Morgan fingerprint density at radius 1 is 1.21 bits per heavy atom.